The quantitative estimate of drug-likeness (QED) is 0.181. The molecule has 5 nitrogen and oxygen atoms in total. The topological polar surface area (TPSA) is 71.7 Å². The van der Waals surface area contributed by atoms with E-state index in [0.29, 0.717) is 23.0 Å². The molecule has 0 radical (unpaired) electrons. The Labute approximate surface area is 323 Å². The van der Waals surface area contributed by atoms with Crippen LogP contribution in [0.3, 0.4) is 0 Å². The van der Waals surface area contributed by atoms with Crippen LogP contribution < -0.4 is 4.74 Å². The van der Waals surface area contributed by atoms with Crippen molar-refractivity contribution >= 4 is 10.8 Å². The molecular formula is C51H30N4O. The zero-order chi connectivity index (χ0) is 37.2. The Hall–Kier alpha value is -7.68. The highest BCUT2D eigenvalue weighted by Crippen LogP contribution is 2.63. The Morgan fingerprint density at radius 2 is 0.982 bits per heavy atom. The summed E-state index contributed by atoms with van der Waals surface area (Å²) in [5.74, 6) is 3.42. The minimum absolute atomic E-state index is 0.595. The van der Waals surface area contributed by atoms with Crippen LogP contribution >= 0.6 is 0 Å². The summed E-state index contributed by atoms with van der Waals surface area (Å²) < 4.78 is 6.71. The van der Waals surface area contributed by atoms with Crippen molar-refractivity contribution in [2.45, 2.75) is 5.41 Å². The van der Waals surface area contributed by atoms with Gasteiger partial charge in [0.05, 0.1) is 17.0 Å². The highest BCUT2D eigenvalue weighted by Gasteiger charge is 2.51. The molecule has 260 valence electrons. The molecule has 0 fully saturated rings. The number of nitriles is 1. The number of nitrogens with zero attached hydrogens (tertiary/aromatic N) is 4. The number of ether oxygens (including phenoxy) is 1. The first-order valence-corrected chi connectivity index (χ1v) is 18.7. The summed E-state index contributed by atoms with van der Waals surface area (Å²) in [6.45, 7) is 0. The minimum Gasteiger partial charge on any atom is -0.457 e. The van der Waals surface area contributed by atoms with Crippen LogP contribution in [0.15, 0.2) is 182 Å². The first-order valence-electron chi connectivity index (χ1n) is 18.7. The maximum absolute atomic E-state index is 10.1. The van der Waals surface area contributed by atoms with Gasteiger partial charge in [-0.25, -0.2) is 15.0 Å². The smallest absolute Gasteiger partial charge is 0.164 e. The standard InChI is InChI=1S/C51H30N4O/c52-31-32-19-27-45-43(29-32)51(41-18-10-9-17-40(41)47-39-16-8-7-11-34(39)24-26-42(47)51)44-30-38(25-28-46(44)56-45)33-20-22-37(23-21-33)50-54-48(35-12-3-1-4-13-35)53-49(55-50)36-14-5-2-6-15-36/h1-30H. The van der Waals surface area contributed by atoms with E-state index >= 15 is 0 Å². The van der Waals surface area contributed by atoms with Crippen LogP contribution in [0.4, 0.5) is 0 Å². The van der Waals surface area contributed by atoms with Gasteiger partial charge >= 0.3 is 0 Å². The van der Waals surface area contributed by atoms with Crippen molar-refractivity contribution in [1.82, 2.24) is 15.0 Å². The molecule has 1 aromatic heterocycles. The predicted octanol–water partition coefficient (Wildman–Crippen LogP) is 12.0. The maximum atomic E-state index is 10.1. The number of hydrogen-bond donors (Lipinski definition) is 0. The van der Waals surface area contributed by atoms with Crippen LogP contribution in [-0.2, 0) is 5.41 Å². The van der Waals surface area contributed by atoms with E-state index in [4.69, 9.17) is 19.7 Å². The lowest BCUT2D eigenvalue weighted by Gasteiger charge is -2.39. The number of fused-ring (bicyclic) bond motifs is 11. The number of benzene rings is 8. The minimum atomic E-state index is -0.714. The molecule has 2 aliphatic rings. The van der Waals surface area contributed by atoms with Crippen molar-refractivity contribution in [1.29, 1.82) is 5.26 Å². The molecule has 0 bridgehead atoms. The van der Waals surface area contributed by atoms with Crippen LogP contribution in [-0.4, -0.2) is 15.0 Å². The molecule has 1 unspecified atom stereocenters. The second-order valence-corrected chi connectivity index (χ2v) is 14.3. The Balaban J connectivity index is 1.08. The summed E-state index contributed by atoms with van der Waals surface area (Å²) in [6.07, 6.45) is 0. The van der Waals surface area contributed by atoms with Crippen molar-refractivity contribution < 1.29 is 4.74 Å². The Kier molecular flexibility index (Phi) is 7.07. The molecule has 9 aromatic rings. The zero-order valence-electron chi connectivity index (χ0n) is 30.0. The van der Waals surface area contributed by atoms with E-state index in [1.165, 1.54) is 33.0 Å². The molecule has 0 amide bonds. The maximum Gasteiger partial charge on any atom is 0.164 e. The monoisotopic (exact) mass is 714 g/mol. The van der Waals surface area contributed by atoms with Crippen molar-refractivity contribution in [2.24, 2.45) is 0 Å². The third-order valence-electron chi connectivity index (χ3n) is 11.2. The van der Waals surface area contributed by atoms with E-state index in [1.54, 1.807) is 0 Å². The lowest BCUT2D eigenvalue weighted by atomic mass is 9.65. The second kappa shape index (κ2) is 12.4. The van der Waals surface area contributed by atoms with Gasteiger partial charge in [0.2, 0.25) is 0 Å². The van der Waals surface area contributed by atoms with Gasteiger partial charge in [-0.1, -0.05) is 152 Å². The fraction of sp³-hybridized carbons (Fsp3) is 0.0196. The zero-order valence-corrected chi connectivity index (χ0v) is 30.0. The molecule has 1 aliphatic heterocycles. The van der Waals surface area contributed by atoms with Crippen molar-refractivity contribution in [3.05, 3.63) is 210 Å². The lowest BCUT2D eigenvalue weighted by molar-refractivity contribution is 0.436. The van der Waals surface area contributed by atoms with Crippen LogP contribution in [0.2, 0.25) is 0 Å². The summed E-state index contributed by atoms with van der Waals surface area (Å²) in [4.78, 5) is 14.8. The molecule has 11 rings (SSSR count). The molecule has 8 aromatic carbocycles. The number of aromatic nitrogens is 3. The largest absolute Gasteiger partial charge is 0.457 e. The van der Waals surface area contributed by atoms with E-state index in [-0.39, 0.29) is 0 Å². The van der Waals surface area contributed by atoms with E-state index in [1.807, 2.05) is 78.9 Å². The normalized spacial score (nSPS) is 14.6. The first kappa shape index (κ1) is 31.8. The third kappa shape index (κ3) is 4.76. The summed E-state index contributed by atoms with van der Waals surface area (Å²) in [7, 11) is 0. The molecule has 1 atom stereocenters. The van der Waals surface area contributed by atoms with Gasteiger partial charge in [-0.05, 0) is 74.5 Å². The average molecular weight is 715 g/mol. The summed E-state index contributed by atoms with van der Waals surface area (Å²) in [5, 5.41) is 12.5. The Morgan fingerprint density at radius 1 is 0.429 bits per heavy atom. The van der Waals surface area contributed by atoms with Crippen molar-refractivity contribution in [3.63, 3.8) is 0 Å². The molecule has 0 saturated carbocycles. The fourth-order valence-corrected chi connectivity index (χ4v) is 8.71. The van der Waals surface area contributed by atoms with Crippen molar-refractivity contribution in [2.75, 3.05) is 0 Å². The Bertz CT molecular complexity index is 3000. The lowest BCUT2D eigenvalue weighted by Crippen LogP contribution is -2.32. The van der Waals surface area contributed by atoms with Gasteiger partial charge in [0, 0.05) is 27.8 Å². The van der Waals surface area contributed by atoms with Gasteiger partial charge in [0.15, 0.2) is 17.5 Å². The first-order chi connectivity index (χ1) is 27.7. The Morgan fingerprint density at radius 3 is 1.68 bits per heavy atom. The predicted molar refractivity (Wildman–Crippen MR) is 221 cm³/mol. The summed E-state index contributed by atoms with van der Waals surface area (Å²) in [6, 6.07) is 65.0. The molecule has 1 aliphatic carbocycles. The van der Waals surface area contributed by atoms with Crippen molar-refractivity contribution in [3.8, 4) is 74.0 Å². The number of rotatable bonds is 4. The van der Waals surface area contributed by atoms with Gasteiger partial charge in [-0.15, -0.1) is 0 Å². The second-order valence-electron chi connectivity index (χ2n) is 14.3. The summed E-state index contributed by atoms with van der Waals surface area (Å²) >= 11 is 0. The SMILES string of the molecule is N#Cc1ccc2c(c1)C1(c3cc(-c4ccc(-c5nc(-c6ccccc6)nc(-c6ccccc6)n5)cc4)ccc3O2)c2ccccc2-c2c1ccc1ccccc21. The van der Waals surface area contributed by atoms with Crippen LogP contribution in [0, 0.1) is 11.3 Å². The molecule has 2 heterocycles. The highest BCUT2D eigenvalue weighted by atomic mass is 16.5. The fourth-order valence-electron chi connectivity index (χ4n) is 8.71. The van der Waals surface area contributed by atoms with Gasteiger partial charge in [-0.3, -0.25) is 0 Å². The molecule has 1 spiro atoms. The van der Waals surface area contributed by atoms with Gasteiger partial charge in [0.25, 0.3) is 0 Å². The van der Waals surface area contributed by atoms with E-state index in [0.717, 1.165) is 50.4 Å². The summed E-state index contributed by atoms with van der Waals surface area (Å²) in [5.41, 5.74) is 11.5. The van der Waals surface area contributed by atoms with Gasteiger partial charge in [0.1, 0.15) is 11.5 Å². The molecular weight excluding hydrogens is 685 g/mol. The van der Waals surface area contributed by atoms with Gasteiger partial charge < -0.3 is 4.74 Å². The molecule has 5 heteroatoms. The molecule has 0 N–H and O–H groups in total. The molecule has 56 heavy (non-hydrogen) atoms. The van der Waals surface area contributed by atoms with Crippen LogP contribution in [0.25, 0.3) is 67.2 Å². The van der Waals surface area contributed by atoms with E-state index in [9.17, 15) is 5.26 Å². The average Bonchev–Trinajstić information content (AvgIpc) is 3.58. The number of hydrogen-bond acceptors (Lipinski definition) is 5. The van der Waals surface area contributed by atoms with E-state index < -0.39 is 5.41 Å². The van der Waals surface area contributed by atoms with Gasteiger partial charge in [-0.2, -0.15) is 5.26 Å². The van der Waals surface area contributed by atoms with E-state index in [2.05, 4.69) is 109 Å². The van der Waals surface area contributed by atoms with Crippen LogP contribution in [0.5, 0.6) is 11.5 Å². The van der Waals surface area contributed by atoms with Crippen LogP contribution in [0.1, 0.15) is 27.8 Å². The molecule has 0 saturated heterocycles. The highest BCUT2D eigenvalue weighted by molar-refractivity contribution is 6.04. The third-order valence-corrected chi connectivity index (χ3v) is 11.2.